The number of nitrogens with zero attached hydrogens (tertiary/aromatic N) is 1. The third-order valence-electron chi connectivity index (χ3n) is 6.27. The van der Waals surface area contributed by atoms with Crippen molar-refractivity contribution in [1.82, 2.24) is 10.2 Å². The maximum Gasteiger partial charge on any atom is 0.255 e. The lowest BCUT2D eigenvalue weighted by Gasteiger charge is -2.41. The number of fused-ring (bicyclic) bond motifs is 1. The van der Waals surface area contributed by atoms with E-state index in [2.05, 4.69) is 21.6 Å². The minimum Gasteiger partial charge on any atom is -0.370 e. The van der Waals surface area contributed by atoms with Gasteiger partial charge in [0, 0.05) is 36.8 Å². The molecule has 3 aliphatic rings. The summed E-state index contributed by atoms with van der Waals surface area (Å²) in [5.41, 5.74) is 2.08. The molecule has 3 heterocycles. The molecule has 5 rings (SSSR count). The molecule has 2 aromatic rings. The summed E-state index contributed by atoms with van der Waals surface area (Å²) in [6.45, 7) is 3.29. The third-order valence-corrected chi connectivity index (χ3v) is 6.63. The number of piperidine rings is 1. The summed E-state index contributed by atoms with van der Waals surface area (Å²) in [6.07, 6.45) is 2.71. The Morgan fingerprint density at radius 2 is 1.79 bits per heavy atom. The van der Waals surface area contributed by atoms with Crippen molar-refractivity contribution in [2.24, 2.45) is 0 Å². The summed E-state index contributed by atoms with van der Waals surface area (Å²) in [6, 6.07) is 15.7. The van der Waals surface area contributed by atoms with Gasteiger partial charge >= 0.3 is 0 Å². The number of benzene rings is 2. The van der Waals surface area contributed by atoms with Gasteiger partial charge in [-0.05, 0) is 36.6 Å². The highest BCUT2D eigenvalue weighted by Crippen LogP contribution is 2.43. The molecular formula is C22H24ClN3O2. The van der Waals surface area contributed by atoms with Gasteiger partial charge in [0.15, 0.2) is 0 Å². The summed E-state index contributed by atoms with van der Waals surface area (Å²) in [4.78, 5) is 15.0. The lowest BCUT2D eigenvalue weighted by atomic mass is 9.84. The number of carbonyl (C=O) groups is 1. The Morgan fingerprint density at radius 1 is 1.04 bits per heavy atom. The molecule has 1 atom stereocenters. The van der Waals surface area contributed by atoms with E-state index >= 15 is 0 Å². The standard InChI is InChI=1S/C22H24ClN3O2/c23-18-7-3-1-5-16(18)13-26-11-9-21(10-12-26)14-22(15-28-21)24-19-8-4-2-6-17(19)20(27)25-22/h1-8,24H,9-15H2,(H,25,27). The highest BCUT2D eigenvalue weighted by Gasteiger charge is 2.53. The average molecular weight is 398 g/mol. The molecule has 0 saturated carbocycles. The minimum atomic E-state index is -0.504. The first-order valence-corrected chi connectivity index (χ1v) is 10.2. The first-order chi connectivity index (χ1) is 13.6. The van der Waals surface area contributed by atoms with Crippen LogP contribution in [0.25, 0.3) is 0 Å². The third kappa shape index (κ3) is 3.17. The van der Waals surface area contributed by atoms with Crippen LogP contribution >= 0.6 is 11.6 Å². The van der Waals surface area contributed by atoms with Crippen molar-refractivity contribution in [3.8, 4) is 0 Å². The van der Waals surface area contributed by atoms with Gasteiger partial charge in [-0.25, -0.2) is 0 Å². The highest BCUT2D eigenvalue weighted by atomic mass is 35.5. The molecule has 2 saturated heterocycles. The fourth-order valence-corrected chi connectivity index (χ4v) is 4.96. The van der Waals surface area contributed by atoms with Crippen molar-refractivity contribution in [3.05, 3.63) is 64.7 Å². The van der Waals surface area contributed by atoms with Crippen LogP contribution in [-0.2, 0) is 11.3 Å². The molecule has 0 radical (unpaired) electrons. The molecular weight excluding hydrogens is 374 g/mol. The number of halogens is 1. The van der Waals surface area contributed by atoms with Crippen LogP contribution in [0.5, 0.6) is 0 Å². The van der Waals surface area contributed by atoms with E-state index in [0.717, 1.165) is 49.6 Å². The lowest BCUT2D eigenvalue weighted by molar-refractivity contribution is -0.0452. The number of ether oxygens (including phenoxy) is 1. The quantitative estimate of drug-likeness (QED) is 0.812. The normalized spacial score (nSPS) is 26.1. The molecule has 3 aliphatic heterocycles. The Kier molecular flexibility index (Phi) is 4.34. The number of anilines is 1. The molecule has 6 heteroatoms. The van der Waals surface area contributed by atoms with Crippen LogP contribution in [0.4, 0.5) is 5.69 Å². The molecule has 2 N–H and O–H groups in total. The second-order valence-corrected chi connectivity index (χ2v) is 8.63. The van der Waals surface area contributed by atoms with Crippen molar-refractivity contribution < 1.29 is 9.53 Å². The van der Waals surface area contributed by atoms with Gasteiger partial charge in [0.1, 0.15) is 5.66 Å². The molecule has 2 spiro atoms. The molecule has 1 amide bonds. The van der Waals surface area contributed by atoms with Gasteiger partial charge in [-0.2, -0.15) is 0 Å². The van der Waals surface area contributed by atoms with Crippen molar-refractivity contribution in [3.63, 3.8) is 0 Å². The zero-order valence-corrected chi connectivity index (χ0v) is 16.5. The predicted molar refractivity (Wildman–Crippen MR) is 110 cm³/mol. The number of likely N-dealkylation sites (tertiary alicyclic amines) is 1. The predicted octanol–water partition coefficient (Wildman–Crippen LogP) is 3.65. The van der Waals surface area contributed by atoms with E-state index in [4.69, 9.17) is 16.3 Å². The second-order valence-electron chi connectivity index (χ2n) is 8.22. The molecule has 28 heavy (non-hydrogen) atoms. The summed E-state index contributed by atoms with van der Waals surface area (Å²) >= 11 is 6.32. The summed E-state index contributed by atoms with van der Waals surface area (Å²) in [7, 11) is 0. The van der Waals surface area contributed by atoms with E-state index in [0.29, 0.717) is 12.2 Å². The summed E-state index contributed by atoms with van der Waals surface area (Å²) in [5, 5.41) is 7.54. The lowest BCUT2D eigenvalue weighted by Crippen LogP contribution is -2.59. The number of amides is 1. The van der Waals surface area contributed by atoms with E-state index in [1.165, 1.54) is 5.56 Å². The molecule has 2 aromatic carbocycles. The Hall–Kier alpha value is -2.08. The van der Waals surface area contributed by atoms with Crippen LogP contribution < -0.4 is 10.6 Å². The Bertz CT molecular complexity index is 910. The minimum absolute atomic E-state index is 0.0221. The van der Waals surface area contributed by atoms with Crippen LogP contribution in [0.2, 0.25) is 5.02 Å². The van der Waals surface area contributed by atoms with Gasteiger partial charge in [0.05, 0.1) is 17.8 Å². The summed E-state index contributed by atoms with van der Waals surface area (Å²) < 4.78 is 6.33. The number of rotatable bonds is 2. The maximum absolute atomic E-state index is 12.6. The largest absolute Gasteiger partial charge is 0.370 e. The SMILES string of the molecule is O=C1NC2(COC3(CCN(Cc4ccccc4Cl)CC3)C2)Nc2ccccc21. The smallest absolute Gasteiger partial charge is 0.255 e. The van der Waals surface area contributed by atoms with E-state index in [1.807, 2.05) is 42.5 Å². The zero-order valence-electron chi connectivity index (χ0n) is 15.7. The van der Waals surface area contributed by atoms with E-state index in [1.54, 1.807) is 0 Å². The molecule has 0 bridgehead atoms. The molecule has 2 fully saturated rings. The average Bonchev–Trinajstić information content (AvgIpc) is 3.03. The van der Waals surface area contributed by atoms with Gasteiger partial charge in [0.2, 0.25) is 0 Å². The van der Waals surface area contributed by atoms with Gasteiger partial charge in [-0.1, -0.05) is 41.9 Å². The highest BCUT2D eigenvalue weighted by molar-refractivity contribution is 6.31. The molecule has 0 aliphatic carbocycles. The Labute approximate surface area is 170 Å². The summed E-state index contributed by atoms with van der Waals surface area (Å²) in [5.74, 6) is -0.0221. The van der Waals surface area contributed by atoms with Gasteiger partial charge in [-0.15, -0.1) is 0 Å². The molecule has 1 unspecified atom stereocenters. The first-order valence-electron chi connectivity index (χ1n) is 9.86. The van der Waals surface area contributed by atoms with E-state index in [-0.39, 0.29) is 11.5 Å². The monoisotopic (exact) mass is 397 g/mol. The maximum atomic E-state index is 12.6. The fraction of sp³-hybridized carbons (Fsp3) is 0.409. The van der Waals surface area contributed by atoms with Crippen LogP contribution in [0.15, 0.2) is 48.5 Å². The molecule has 146 valence electrons. The fourth-order valence-electron chi connectivity index (χ4n) is 4.76. The Balaban J connectivity index is 1.26. The van der Waals surface area contributed by atoms with Crippen molar-refractivity contribution in [2.75, 3.05) is 25.0 Å². The molecule has 0 aromatic heterocycles. The van der Waals surface area contributed by atoms with Gasteiger partial charge < -0.3 is 15.4 Å². The van der Waals surface area contributed by atoms with Crippen molar-refractivity contribution >= 4 is 23.2 Å². The molecule has 5 nitrogen and oxygen atoms in total. The van der Waals surface area contributed by atoms with E-state index < -0.39 is 5.66 Å². The number of hydrogen-bond acceptors (Lipinski definition) is 4. The van der Waals surface area contributed by atoms with Crippen LogP contribution in [0.1, 0.15) is 35.2 Å². The van der Waals surface area contributed by atoms with Crippen LogP contribution in [0, 0.1) is 0 Å². The number of carbonyl (C=O) groups excluding carboxylic acids is 1. The van der Waals surface area contributed by atoms with Crippen molar-refractivity contribution in [2.45, 2.75) is 37.1 Å². The second kappa shape index (κ2) is 6.76. The van der Waals surface area contributed by atoms with Crippen molar-refractivity contribution in [1.29, 1.82) is 0 Å². The van der Waals surface area contributed by atoms with Gasteiger partial charge in [0.25, 0.3) is 5.91 Å². The number of para-hydroxylation sites is 1. The van der Waals surface area contributed by atoms with E-state index in [9.17, 15) is 4.79 Å². The van der Waals surface area contributed by atoms with Gasteiger partial charge in [-0.3, -0.25) is 9.69 Å². The zero-order chi connectivity index (χ0) is 19.2. The van der Waals surface area contributed by atoms with Crippen LogP contribution in [0.3, 0.4) is 0 Å². The Morgan fingerprint density at radius 3 is 2.61 bits per heavy atom. The topological polar surface area (TPSA) is 53.6 Å². The van der Waals surface area contributed by atoms with Crippen LogP contribution in [-0.4, -0.2) is 41.8 Å². The number of nitrogens with one attached hydrogen (secondary N) is 2. The first kappa shape index (κ1) is 18.0. The number of hydrogen-bond donors (Lipinski definition) is 2.